The van der Waals surface area contributed by atoms with Gasteiger partial charge in [0.1, 0.15) is 6.04 Å². The average molecular weight is 315 g/mol. The molecular formula is C14H22NO5P. The van der Waals surface area contributed by atoms with Gasteiger partial charge in [-0.15, -0.1) is 0 Å². The minimum Gasteiger partial charge on any atom is -0.462 e. The lowest BCUT2D eigenvalue weighted by Crippen LogP contribution is -2.35. The molecule has 6 nitrogen and oxygen atoms in total. The van der Waals surface area contributed by atoms with Crippen LogP contribution in [0.3, 0.4) is 0 Å². The van der Waals surface area contributed by atoms with E-state index in [0.29, 0.717) is 0 Å². The van der Waals surface area contributed by atoms with Crippen LogP contribution >= 0.6 is 7.75 Å². The van der Waals surface area contributed by atoms with Crippen LogP contribution in [0.25, 0.3) is 0 Å². The zero-order chi connectivity index (χ0) is 15.9. The molecule has 7 heteroatoms. The maximum Gasteiger partial charge on any atom is 0.406 e. The molecule has 1 aromatic carbocycles. The van der Waals surface area contributed by atoms with Gasteiger partial charge < -0.3 is 9.26 Å². The highest BCUT2D eigenvalue weighted by Crippen LogP contribution is 2.44. The normalized spacial score (nSPS) is 15.5. The third kappa shape index (κ3) is 6.40. The molecule has 0 saturated carbocycles. The van der Waals surface area contributed by atoms with Crippen LogP contribution < -0.4 is 5.09 Å². The van der Waals surface area contributed by atoms with Crippen molar-refractivity contribution >= 4 is 13.7 Å². The fourth-order valence-corrected chi connectivity index (χ4v) is 2.68. The minimum absolute atomic E-state index is 0.116. The number of hydrogen-bond acceptors (Lipinski definition) is 5. The molecule has 0 amide bonds. The number of carbonyl (C=O) groups is 1. The Morgan fingerprint density at radius 1 is 1.24 bits per heavy atom. The van der Waals surface area contributed by atoms with Gasteiger partial charge in [0.05, 0.1) is 12.7 Å². The molecule has 0 aliphatic heterocycles. The summed E-state index contributed by atoms with van der Waals surface area (Å²) in [4.78, 5) is 11.7. The number of carbonyl (C=O) groups excluding carboxylic acids is 1. The molecule has 21 heavy (non-hydrogen) atoms. The highest BCUT2D eigenvalue weighted by molar-refractivity contribution is 7.51. The van der Waals surface area contributed by atoms with Gasteiger partial charge in [0, 0.05) is 7.11 Å². The van der Waals surface area contributed by atoms with E-state index in [2.05, 4.69) is 5.09 Å². The molecule has 0 saturated heterocycles. The van der Waals surface area contributed by atoms with Gasteiger partial charge in [-0.3, -0.25) is 9.32 Å². The van der Waals surface area contributed by atoms with Crippen molar-refractivity contribution in [1.82, 2.24) is 5.09 Å². The third-order valence-electron chi connectivity index (χ3n) is 2.54. The van der Waals surface area contributed by atoms with Crippen molar-refractivity contribution in [3.8, 4) is 0 Å². The molecule has 0 bridgehead atoms. The van der Waals surface area contributed by atoms with E-state index in [-0.39, 0.29) is 12.7 Å². The lowest BCUT2D eigenvalue weighted by atomic mass is 10.2. The van der Waals surface area contributed by atoms with E-state index in [1.54, 1.807) is 20.8 Å². The SMILES string of the molecule is COP(=O)(N[C@@H](C)C(=O)OC(C)C)OCc1ccccc1. The van der Waals surface area contributed by atoms with Crippen molar-refractivity contribution in [1.29, 1.82) is 0 Å². The summed E-state index contributed by atoms with van der Waals surface area (Å²) in [7, 11) is -2.31. The van der Waals surface area contributed by atoms with Crippen LogP contribution in [0, 0.1) is 0 Å². The Bertz CT molecular complexity index is 491. The summed E-state index contributed by atoms with van der Waals surface area (Å²) in [6, 6.07) is 8.47. The number of nitrogens with one attached hydrogen (secondary N) is 1. The highest BCUT2D eigenvalue weighted by Gasteiger charge is 2.29. The number of rotatable bonds is 8. The zero-order valence-corrected chi connectivity index (χ0v) is 13.6. The Hall–Kier alpha value is -1.20. The topological polar surface area (TPSA) is 73.9 Å². The van der Waals surface area contributed by atoms with Gasteiger partial charge in [0.2, 0.25) is 0 Å². The number of hydrogen-bond donors (Lipinski definition) is 1. The minimum atomic E-state index is -3.57. The van der Waals surface area contributed by atoms with Gasteiger partial charge in [0.15, 0.2) is 0 Å². The molecule has 1 rings (SSSR count). The third-order valence-corrected chi connectivity index (χ3v) is 4.19. The Labute approximate surface area is 125 Å². The summed E-state index contributed by atoms with van der Waals surface area (Å²) in [6.45, 7) is 5.14. The smallest absolute Gasteiger partial charge is 0.406 e. The van der Waals surface area contributed by atoms with Gasteiger partial charge in [-0.25, -0.2) is 9.65 Å². The molecule has 0 radical (unpaired) electrons. The van der Waals surface area contributed by atoms with Crippen molar-refractivity contribution in [2.75, 3.05) is 7.11 Å². The van der Waals surface area contributed by atoms with Crippen LogP contribution in [0.15, 0.2) is 30.3 Å². The number of benzene rings is 1. The van der Waals surface area contributed by atoms with E-state index in [9.17, 15) is 9.36 Å². The van der Waals surface area contributed by atoms with E-state index in [4.69, 9.17) is 13.8 Å². The molecule has 1 N–H and O–H groups in total. The maximum atomic E-state index is 12.4. The molecule has 2 atom stereocenters. The molecule has 0 aromatic heterocycles. The predicted molar refractivity (Wildman–Crippen MR) is 79.7 cm³/mol. The van der Waals surface area contributed by atoms with Gasteiger partial charge in [-0.05, 0) is 26.3 Å². The van der Waals surface area contributed by atoms with E-state index in [1.807, 2.05) is 30.3 Å². The lowest BCUT2D eigenvalue weighted by Gasteiger charge is -2.21. The molecule has 118 valence electrons. The summed E-state index contributed by atoms with van der Waals surface area (Å²) in [5.74, 6) is -0.509. The monoisotopic (exact) mass is 315 g/mol. The summed E-state index contributed by atoms with van der Waals surface area (Å²) >= 11 is 0. The first-order valence-corrected chi connectivity index (χ1v) is 8.23. The van der Waals surface area contributed by atoms with Crippen molar-refractivity contribution in [2.45, 2.75) is 39.5 Å². The molecule has 0 spiro atoms. The van der Waals surface area contributed by atoms with Crippen molar-refractivity contribution in [3.63, 3.8) is 0 Å². The fourth-order valence-electron chi connectivity index (χ4n) is 1.50. The summed E-state index contributed by atoms with van der Waals surface area (Å²) < 4.78 is 27.6. The van der Waals surface area contributed by atoms with Crippen LogP contribution in [-0.4, -0.2) is 25.2 Å². The maximum absolute atomic E-state index is 12.4. The van der Waals surface area contributed by atoms with Gasteiger partial charge in [-0.1, -0.05) is 30.3 Å². The van der Waals surface area contributed by atoms with Gasteiger partial charge in [0.25, 0.3) is 0 Å². The van der Waals surface area contributed by atoms with E-state index >= 15 is 0 Å². The summed E-state index contributed by atoms with van der Waals surface area (Å²) in [6.07, 6.45) is -0.242. The molecule has 1 unspecified atom stereocenters. The Morgan fingerprint density at radius 3 is 2.38 bits per heavy atom. The lowest BCUT2D eigenvalue weighted by molar-refractivity contribution is -0.149. The first-order chi connectivity index (χ1) is 9.86. The zero-order valence-electron chi connectivity index (χ0n) is 12.7. The van der Waals surface area contributed by atoms with E-state index < -0.39 is 19.8 Å². The largest absolute Gasteiger partial charge is 0.462 e. The molecule has 0 heterocycles. The quantitative estimate of drug-likeness (QED) is 0.587. The average Bonchev–Trinajstić information content (AvgIpc) is 2.45. The molecule has 1 aromatic rings. The number of esters is 1. The first kappa shape index (κ1) is 17.9. The van der Waals surface area contributed by atoms with Crippen LogP contribution in [0.5, 0.6) is 0 Å². The van der Waals surface area contributed by atoms with E-state index in [1.165, 1.54) is 7.11 Å². The van der Waals surface area contributed by atoms with E-state index in [0.717, 1.165) is 5.56 Å². The fraction of sp³-hybridized carbons (Fsp3) is 0.500. The predicted octanol–water partition coefficient (Wildman–Crippen LogP) is 2.89. The van der Waals surface area contributed by atoms with Crippen molar-refractivity contribution < 1.29 is 23.1 Å². The summed E-state index contributed by atoms with van der Waals surface area (Å²) in [5.41, 5.74) is 0.856. The van der Waals surface area contributed by atoms with Crippen LogP contribution in [-0.2, 0) is 29.8 Å². The Kier molecular flexibility index (Phi) is 7.05. The highest BCUT2D eigenvalue weighted by atomic mass is 31.2. The van der Waals surface area contributed by atoms with Gasteiger partial charge in [-0.2, -0.15) is 0 Å². The molecule has 0 fully saturated rings. The first-order valence-electron chi connectivity index (χ1n) is 6.69. The van der Waals surface area contributed by atoms with Gasteiger partial charge >= 0.3 is 13.7 Å². The molecule has 0 aliphatic rings. The second-order valence-electron chi connectivity index (χ2n) is 4.78. The Balaban J connectivity index is 2.59. The molecule has 0 aliphatic carbocycles. The summed E-state index contributed by atoms with van der Waals surface area (Å²) in [5, 5.41) is 2.55. The Morgan fingerprint density at radius 2 is 1.86 bits per heavy atom. The van der Waals surface area contributed by atoms with Crippen LogP contribution in [0.1, 0.15) is 26.3 Å². The number of ether oxygens (including phenoxy) is 1. The second kappa shape index (κ2) is 8.29. The second-order valence-corrected chi connectivity index (χ2v) is 6.65. The van der Waals surface area contributed by atoms with Crippen LogP contribution in [0.4, 0.5) is 0 Å². The standard InChI is InChI=1S/C14H22NO5P/c1-11(2)20-14(16)12(3)15-21(17,18-4)19-10-13-8-6-5-7-9-13/h5-9,11-12H,10H2,1-4H3,(H,15,17)/t12-,21?/m0/s1. The molecular weight excluding hydrogens is 293 g/mol. The van der Waals surface area contributed by atoms with Crippen molar-refractivity contribution in [3.05, 3.63) is 35.9 Å². The van der Waals surface area contributed by atoms with Crippen molar-refractivity contribution in [2.24, 2.45) is 0 Å². The van der Waals surface area contributed by atoms with Crippen LogP contribution in [0.2, 0.25) is 0 Å².